The van der Waals surface area contributed by atoms with Gasteiger partial charge in [-0.3, -0.25) is 9.59 Å². The van der Waals surface area contributed by atoms with Crippen molar-refractivity contribution in [2.75, 3.05) is 13.1 Å². The van der Waals surface area contributed by atoms with Crippen LogP contribution in [-0.4, -0.2) is 37.0 Å². The lowest BCUT2D eigenvalue weighted by molar-refractivity contribution is -0.122. The van der Waals surface area contributed by atoms with Gasteiger partial charge in [0.1, 0.15) is 0 Å². The van der Waals surface area contributed by atoms with Crippen molar-refractivity contribution in [1.82, 2.24) is 16.0 Å². The van der Waals surface area contributed by atoms with Gasteiger partial charge in [-0.15, -0.1) is 12.4 Å². The smallest absolute Gasteiger partial charge is 0.252 e. The fourth-order valence-corrected chi connectivity index (χ4v) is 3.97. The Morgan fingerprint density at radius 2 is 1.84 bits per heavy atom. The highest BCUT2D eigenvalue weighted by atomic mass is 35.5. The minimum atomic E-state index is -0.222. The molecular weight excluding hydrogens is 361 g/mol. The Hall–Kier alpha value is -1.30. The number of carbonyl (C=O) groups excluding carboxylic acids is 2. The summed E-state index contributed by atoms with van der Waals surface area (Å²) in [6.45, 7) is 0.803. The maximum Gasteiger partial charge on any atom is 0.252 e. The van der Waals surface area contributed by atoms with Gasteiger partial charge in [0, 0.05) is 19.1 Å². The molecule has 3 unspecified atom stereocenters. The highest BCUT2D eigenvalue weighted by Crippen LogP contribution is 2.33. The van der Waals surface area contributed by atoms with Crippen LogP contribution in [0, 0.1) is 5.92 Å². The van der Waals surface area contributed by atoms with E-state index in [4.69, 9.17) is 11.6 Å². The molecule has 2 aliphatic rings. The highest BCUT2D eigenvalue weighted by Gasteiger charge is 2.37. The molecule has 3 rings (SSSR count). The molecule has 1 aromatic carbocycles. The van der Waals surface area contributed by atoms with Gasteiger partial charge in [-0.2, -0.15) is 0 Å². The molecule has 3 N–H and O–H groups in total. The summed E-state index contributed by atoms with van der Waals surface area (Å²) in [5.74, 6) is 0.464. The summed E-state index contributed by atoms with van der Waals surface area (Å²) in [5.41, 5.74) is 0.451. The molecule has 2 amide bonds. The molecule has 1 aliphatic carbocycles. The zero-order valence-corrected chi connectivity index (χ0v) is 15.7. The lowest BCUT2D eigenvalue weighted by Gasteiger charge is -2.24. The van der Waals surface area contributed by atoms with Gasteiger partial charge in [-0.1, -0.05) is 36.6 Å². The summed E-state index contributed by atoms with van der Waals surface area (Å²) in [6.07, 6.45) is 5.89. The third-order valence-electron chi connectivity index (χ3n) is 5.01. The normalized spacial score (nSPS) is 24.8. The minimum absolute atomic E-state index is 0. The van der Waals surface area contributed by atoms with Gasteiger partial charge in [0.15, 0.2) is 0 Å². The Morgan fingerprint density at radius 1 is 1.12 bits per heavy atom. The third-order valence-corrected chi connectivity index (χ3v) is 5.34. The molecule has 0 aromatic heterocycles. The molecule has 1 aromatic rings. The van der Waals surface area contributed by atoms with Crippen LogP contribution < -0.4 is 16.0 Å². The van der Waals surface area contributed by atoms with E-state index in [-0.39, 0.29) is 30.3 Å². The zero-order valence-electron chi connectivity index (χ0n) is 14.1. The summed E-state index contributed by atoms with van der Waals surface area (Å²) in [4.78, 5) is 24.3. The van der Waals surface area contributed by atoms with Crippen LogP contribution in [0.2, 0.25) is 5.02 Å². The molecule has 1 heterocycles. The highest BCUT2D eigenvalue weighted by molar-refractivity contribution is 6.33. The molecule has 7 heteroatoms. The standard InChI is InChI=1S/C18H24ClN3O2.ClH/c19-14-7-3-2-6-13(14)17(23)20-9-10-21-18(24)16-11-12-5-1-4-8-15(12)22-16;/h2-3,6-7,12,15-16,22H,1,4-5,8-11H2,(H,20,23)(H,21,24);1H. The first-order valence-electron chi connectivity index (χ1n) is 8.71. The van der Waals surface area contributed by atoms with Crippen molar-refractivity contribution < 1.29 is 9.59 Å². The number of amides is 2. The second-order valence-electron chi connectivity index (χ2n) is 6.63. The third kappa shape index (κ3) is 5.09. The topological polar surface area (TPSA) is 70.2 Å². The van der Waals surface area contributed by atoms with Gasteiger partial charge in [0.25, 0.3) is 5.91 Å². The largest absolute Gasteiger partial charge is 0.353 e. The van der Waals surface area contributed by atoms with Crippen molar-refractivity contribution in [2.45, 2.75) is 44.2 Å². The van der Waals surface area contributed by atoms with Gasteiger partial charge < -0.3 is 16.0 Å². The van der Waals surface area contributed by atoms with E-state index in [1.54, 1.807) is 24.3 Å². The van der Waals surface area contributed by atoms with Gasteiger partial charge in [-0.05, 0) is 37.3 Å². The predicted molar refractivity (Wildman–Crippen MR) is 101 cm³/mol. The summed E-state index contributed by atoms with van der Waals surface area (Å²) in [6, 6.07) is 7.34. The van der Waals surface area contributed by atoms with Crippen molar-refractivity contribution in [3.8, 4) is 0 Å². The number of hydrogen-bond donors (Lipinski definition) is 3. The second-order valence-corrected chi connectivity index (χ2v) is 7.04. The van der Waals surface area contributed by atoms with Crippen LogP contribution in [0.3, 0.4) is 0 Å². The summed E-state index contributed by atoms with van der Waals surface area (Å²) in [5, 5.41) is 9.57. The Balaban J connectivity index is 0.00000225. The average Bonchev–Trinajstić information content (AvgIpc) is 3.03. The van der Waals surface area contributed by atoms with Crippen LogP contribution in [0.4, 0.5) is 0 Å². The van der Waals surface area contributed by atoms with Crippen LogP contribution in [0.5, 0.6) is 0 Å². The van der Waals surface area contributed by atoms with Crippen LogP contribution in [0.1, 0.15) is 42.5 Å². The van der Waals surface area contributed by atoms with Crippen molar-refractivity contribution in [1.29, 1.82) is 0 Å². The molecule has 1 saturated heterocycles. The summed E-state index contributed by atoms with van der Waals surface area (Å²) >= 11 is 5.99. The first kappa shape index (κ1) is 20.0. The Bertz CT molecular complexity index is 598. The second kappa shape index (κ2) is 9.41. The minimum Gasteiger partial charge on any atom is -0.353 e. The number of carbonyl (C=O) groups is 2. The van der Waals surface area contributed by atoms with Crippen LogP contribution in [0.15, 0.2) is 24.3 Å². The molecule has 1 saturated carbocycles. The number of fused-ring (bicyclic) bond motifs is 1. The first-order chi connectivity index (χ1) is 11.6. The van der Waals surface area contributed by atoms with E-state index in [1.807, 2.05) is 0 Å². The van der Waals surface area contributed by atoms with Crippen molar-refractivity contribution in [3.05, 3.63) is 34.9 Å². The Kier molecular flexibility index (Phi) is 7.54. The van der Waals surface area contributed by atoms with Gasteiger partial charge >= 0.3 is 0 Å². The number of nitrogens with one attached hydrogen (secondary N) is 3. The first-order valence-corrected chi connectivity index (χ1v) is 9.09. The van der Waals surface area contributed by atoms with Crippen molar-refractivity contribution in [3.63, 3.8) is 0 Å². The van der Waals surface area contributed by atoms with E-state index in [0.29, 0.717) is 35.6 Å². The molecule has 138 valence electrons. The van der Waals surface area contributed by atoms with E-state index >= 15 is 0 Å². The average molecular weight is 386 g/mol. The SMILES string of the molecule is Cl.O=C(NCCNC(=O)C1CC2CCCCC2N1)c1ccccc1Cl. The molecule has 0 radical (unpaired) electrons. The molecule has 5 nitrogen and oxygen atoms in total. The molecule has 3 atom stereocenters. The maximum atomic E-state index is 12.3. The predicted octanol–water partition coefficient (Wildman–Crippen LogP) is 2.53. The monoisotopic (exact) mass is 385 g/mol. The molecule has 0 bridgehead atoms. The van der Waals surface area contributed by atoms with Gasteiger partial charge in [0.05, 0.1) is 16.6 Å². The lowest BCUT2D eigenvalue weighted by Crippen LogP contribution is -2.45. The summed E-state index contributed by atoms with van der Waals surface area (Å²) in [7, 11) is 0. The zero-order chi connectivity index (χ0) is 16.9. The van der Waals surface area contributed by atoms with E-state index in [9.17, 15) is 9.59 Å². The molecule has 0 spiro atoms. The number of rotatable bonds is 5. The van der Waals surface area contributed by atoms with Gasteiger partial charge in [-0.25, -0.2) is 0 Å². The Labute approximate surface area is 159 Å². The number of halogens is 2. The van der Waals surface area contributed by atoms with E-state index in [0.717, 1.165) is 6.42 Å². The molecule has 2 fully saturated rings. The molecular formula is C18H25Cl2N3O2. The van der Waals surface area contributed by atoms with Crippen molar-refractivity contribution in [2.24, 2.45) is 5.92 Å². The van der Waals surface area contributed by atoms with Crippen LogP contribution in [0.25, 0.3) is 0 Å². The fraction of sp³-hybridized carbons (Fsp3) is 0.556. The lowest BCUT2D eigenvalue weighted by atomic mass is 9.85. The molecule has 1 aliphatic heterocycles. The van der Waals surface area contributed by atoms with E-state index in [2.05, 4.69) is 16.0 Å². The van der Waals surface area contributed by atoms with E-state index in [1.165, 1.54) is 25.7 Å². The summed E-state index contributed by atoms with van der Waals surface area (Å²) < 4.78 is 0. The van der Waals surface area contributed by atoms with E-state index < -0.39 is 0 Å². The number of hydrogen-bond acceptors (Lipinski definition) is 3. The fourth-order valence-electron chi connectivity index (χ4n) is 3.75. The Morgan fingerprint density at radius 3 is 2.60 bits per heavy atom. The van der Waals surface area contributed by atoms with Crippen LogP contribution >= 0.6 is 24.0 Å². The van der Waals surface area contributed by atoms with Gasteiger partial charge in [0.2, 0.25) is 5.91 Å². The molecule has 25 heavy (non-hydrogen) atoms. The van der Waals surface area contributed by atoms with Crippen LogP contribution in [-0.2, 0) is 4.79 Å². The number of benzene rings is 1. The van der Waals surface area contributed by atoms with Crippen molar-refractivity contribution >= 4 is 35.8 Å². The quantitative estimate of drug-likeness (QED) is 0.682. The maximum absolute atomic E-state index is 12.3.